The van der Waals surface area contributed by atoms with Crippen LogP contribution in [0.15, 0.2) is 22.7 Å². The van der Waals surface area contributed by atoms with Crippen molar-refractivity contribution in [3.63, 3.8) is 0 Å². The van der Waals surface area contributed by atoms with Gasteiger partial charge in [0.15, 0.2) is 0 Å². The third-order valence-corrected chi connectivity index (χ3v) is 5.21. The van der Waals surface area contributed by atoms with Crippen molar-refractivity contribution >= 4 is 44.4 Å². The lowest BCUT2D eigenvalue weighted by Gasteiger charge is -2.25. The minimum Gasteiger partial charge on any atom is -0.471 e. The molecule has 1 unspecified atom stereocenters. The Labute approximate surface area is 179 Å². The zero-order chi connectivity index (χ0) is 21.8. The molecule has 0 saturated carbocycles. The molecule has 2 rings (SSSR count). The smallest absolute Gasteiger partial charge is 0.320 e. The average molecular weight is 489 g/mol. The number of aliphatic hydroxyl groups excluding tert-OH is 1. The summed E-state index contributed by atoms with van der Waals surface area (Å²) in [6.45, 7) is 5.36. The molecular formula is C18H22BrFN4O4S. The minimum atomic E-state index is -0.852. The van der Waals surface area contributed by atoms with Crippen molar-refractivity contribution in [3.05, 3.63) is 39.6 Å². The Bertz CT molecular complexity index is 900. The largest absolute Gasteiger partial charge is 0.471 e. The van der Waals surface area contributed by atoms with Gasteiger partial charge in [0.05, 0.1) is 6.10 Å². The van der Waals surface area contributed by atoms with Gasteiger partial charge in [-0.1, -0.05) is 42.8 Å². The molecule has 0 bridgehead atoms. The molecule has 11 heteroatoms. The normalized spacial score (nSPS) is 12.3. The van der Waals surface area contributed by atoms with Crippen molar-refractivity contribution < 1.29 is 23.8 Å². The van der Waals surface area contributed by atoms with Gasteiger partial charge in [0.25, 0.3) is 5.91 Å². The maximum absolute atomic E-state index is 13.9. The molecular weight excluding hydrogens is 467 g/mol. The monoisotopic (exact) mass is 488 g/mol. The number of ether oxygens (including phenoxy) is 1. The number of hydrogen-bond donors (Lipinski definition) is 4. The van der Waals surface area contributed by atoms with E-state index in [0.717, 1.165) is 11.5 Å². The maximum atomic E-state index is 13.9. The first-order valence-electron chi connectivity index (χ1n) is 8.58. The van der Waals surface area contributed by atoms with E-state index in [2.05, 4.69) is 30.9 Å². The Kier molecular flexibility index (Phi) is 7.55. The van der Waals surface area contributed by atoms with Crippen LogP contribution in [0.25, 0.3) is 0 Å². The second-order valence-electron chi connectivity index (χ2n) is 7.30. The first kappa shape index (κ1) is 23.0. The van der Waals surface area contributed by atoms with Crippen LogP contribution in [0.4, 0.5) is 14.2 Å². The first-order chi connectivity index (χ1) is 13.5. The highest BCUT2D eigenvalue weighted by molar-refractivity contribution is 9.10. The SMILES string of the molecule is CC(C)(C)C(O)CNC(=O)Nc1snc(OCc2ccc(Br)cc2F)c1C(N)=O. The lowest BCUT2D eigenvalue weighted by atomic mass is 9.89. The van der Waals surface area contributed by atoms with Gasteiger partial charge in [-0.2, -0.15) is 4.37 Å². The minimum absolute atomic E-state index is 0.0201. The van der Waals surface area contributed by atoms with E-state index in [4.69, 9.17) is 10.5 Å². The lowest BCUT2D eigenvalue weighted by molar-refractivity contribution is 0.0654. The highest BCUT2D eigenvalue weighted by atomic mass is 79.9. The average Bonchev–Trinajstić information content (AvgIpc) is 3.00. The molecule has 0 radical (unpaired) electrons. The van der Waals surface area contributed by atoms with Crippen LogP contribution in [0.3, 0.4) is 0 Å². The molecule has 158 valence electrons. The molecule has 0 aliphatic heterocycles. The Morgan fingerprint density at radius 2 is 2.10 bits per heavy atom. The summed E-state index contributed by atoms with van der Waals surface area (Å²) >= 11 is 3.97. The fraction of sp³-hybridized carbons (Fsp3) is 0.389. The molecule has 0 saturated heterocycles. The summed E-state index contributed by atoms with van der Waals surface area (Å²) in [5.74, 6) is -1.43. The topological polar surface area (TPSA) is 127 Å². The van der Waals surface area contributed by atoms with Gasteiger partial charge in [0.2, 0.25) is 5.88 Å². The fourth-order valence-corrected chi connectivity index (χ4v) is 3.17. The van der Waals surface area contributed by atoms with Crippen molar-refractivity contribution in [3.8, 4) is 5.88 Å². The third kappa shape index (κ3) is 6.38. The van der Waals surface area contributed by atoms with Crippen LogP contribution in [0, 0.1) is 11.2 Å². The van der Waals surface area contributed by atoms with E-state index in [1.807, 2.05) is 20.8 Å². The van der Waals surface area contributed by atoms with Gasteiger partial charge in [0, 0.05) is 16.6 Å². The van der Waals surface area contributed by atoms with Crippen LogP contribution >= 0.6 is 27.5 Å². The molecule has 1 heterocycles. The van der Waals surface area contributed by atoms with Crippen LogP contribution < -0.4 is 21.1 Å². The number of rotatable bonds is 7. The molecule has 2 aromatic rings. The number of amides is 3. The summed E-state index contributed by atoms with van der Waals surface area (Å²) in [5, 5.41) is 15.1. The molecule has 1 aromatic carbocycles. The van der Waals surface area contributed by atoms with E-state index >= 15 is 0 Å². The highest BCUT2D eigenvalue weighted by Gasteiger charge is 2.24. The maximum Gasteiger partial charge on any atom is 0.320 e. The summed E-state index contributed by atoms with van der Waals surface area (Å²) in [7, 11) is 0. The van der Waals surface area contributed by atoms with Gasteiger partial charge in [-0.3, -0.25) is 10.1 Å². The zero-order valence-corrected chi connectivity index (χ0v) is 18.5. The molecule has 0 aliphatic rings. The van der Waals surface area contributed by atoms with Crippen molar-refractivity contribution in [1.82, 2.24) is 9.69 Å². The Morgan fingerprint density at radius 1 is 1.41 bits per heavy atom. The first-order valence-corrected chi connectivity index (χ1v) is 10.1. The number of anilines is 1. The van der Waals surface area contributed by atoms with Gasteiger partial charge in [-0.25, -0.2) is 9.18 Å². The molecule has 8 nitrogen and oxygen atoms in total. The second kappa shape index (κ2) is 9.51. The number of halogens is 2. The number of nitrogens with zero attached hydrogens (tertiary/aromatic N) is 1. The van der Waals surface area contributed by atoms with Crippen molar-refractivity contribution in [2.45, 2.75) is 33.5 Å². The van der Waals surface area contributed by atoms with E-state index in [1.165, 1.54) is 12.1 Å². The molecule has 0 fully saturated rings. The number of carbonyl (C=O) groups excluding carboxylic acids is 2. The molecule has 3 amide bonds. The Hall–Kier alpha value is -2.24. The van der Waals surface area contributed by atoms with Gasteiger partial charge in [-0.05, 0) is 29.1 Å². The van der Waals surface area contributed by atoms with E-state index < -0.39 is 29.3 Å². The number of benzene rings is 1. The van der Waals surface area contributed by atoms with Crippen LogP contribution in [0.5, 0.6) is 5.88 Å². The molecule has 29 heavy (non-hydrogen) atoms. The summed E-state index contributed by atoms with van der Waals surface area (Å²) in [6.07, 6.45) is -0.759. The Balaban J connectivity index is 2.06. The summed E-state index contributed by atoms with van der Waals surface area (Å²) in [4.78, 5) is 23.9. The molecule has 5 N–H and O–H groups in total. The van der Waals surface area contributed by atoms with Crippen LogP contribution in [-0.4, -0.2) is 34.1 Å². The predicted octanol–water partition coefficient (Wildman–Crippen LogP) is 3.25. The zero-order valence-electron chi connectivity index (χ0n) is 16.1. The van der Waals surface area contributed by atoms with Gasteiger partial charge in [-0.15, -0.1) is 0 Å². The van der Waals surface area contributed by atoms with Crippen LogP contribution in [0.1, 0.15) is 36.7 Å². The second-order valence-corrected chi connectivity index (χ2v) is 8.99. The number of aromatic nitrogens is 1. The van der Waals surface area contributed by atoms with E-state index in [0.29, 0.717) is 4.47 Å². The standard InChI is InChI=1S/C18H22BrFN4O4S/c1-18(2,3)12(25)7-22-17(27)23-16-13(14(21)26)15(24-29-16)28-8-9-4-5-10(19)6-11(9)20/h4-6,12,25H,7-8H2,1-3H3,(H2,21,26)(H2,22,23,27). The molecule has 1 atom stereocenters. The van der Waals surface area contributed by atoms with E-state index in [-0.39, 0.29) is 35.2 Å². The van der Waals surface area contributed by atoms with E-state index in [9.17, 15) is 19.1 Å². The number of nitrogens with one attached hydrogen (secondary N) is 2. The lowest BCUT2D eigenvalue weighted by Crippen LogP contribution is -2.41. The summed E-state index contributed by atoms with van der Waals surface area (Å²) < 4.78 is 23.9. The van der Waals surface area contributed by atoms with Crippen molar-refractivity contribution in [1.29, 1.82) is 0 Å². The number of aliphatic hydroxyl groups is 1. The molecule has 0 aliphatic carbocycles. The number of urea groups is 1. The van der Waals surface area contributed by atoms with E-state index in [1.54, 1.807) is 6.07 Å². The third-order valence-electron chi connectivity index (χ3n) is 3.97. The van der Waals surface area contributed by atoms with Gasteiger partial charge in [0.1, 0.15) is 23.0 Å². The molecule has 1 aromatic heterocycles. The number of carbonyl (C=O) groups is 2. The fourth-order valence-electron chi connectivity index (χ4n) is 2.10. The molecule has 0 spiro atoms. The van der Waals surface area contributed by atoms with Crippen LogP contribution in [0.2, 0.25) is 0 Å². The van der Waals surface area contributed by atoms with Gasteiger partial charge < -0.3 is 20.9 Å². The number of hydrogen-bond acceptors (Lipinski definition) is 6. The van der Waals surface area contributed by atoms with Crippen LogP contribution in [-0.2, 0) is 6.61 Å². The van der Waals surface area contributed by atoms with Gasteiger partial charge >= 0.3 is 6.03 Å². The Morgan fingerprint density at radius 3 is 2.69 bits per heavy atom. The van der Waals surface area contributed by atoms with Crippen molar-refractivity contribution in [2.75, 3.05) is 11.9 Å². The number of nitrogens with two attached hydrogens (primary N) is 1. The van der Waals surface area contributed by atoms with Crippen molar-refractivity contribution in [2.24, 2.45) is 11.1 Å². The quantitative estimate of drug-likeness (QED) is 0.475. The predicted molar refractivity (Wildman–Crippen MR) is 112 cm³/mol. The summed E-state index contributed by atoms with van der Waals surface area (Å²) in [5.41, 5.74) is 5.14. The number of primary amides is 1. The highest BCUT2D eigenvalue weighted by Crippen LogP contribution is 2.31. The summed E-state index contributed by atoms with van der Waals surface area (Å²) in [6, 6.07) is 3.84.